The van der Waals surface area contributed by atoms with E-state index >= 15 is 0 Å². The monoisotopic (exact) mass is 178 g/mol. The lowest BCUT2D eigenvalue weighted by atomic mass is 10.0. The Morgan fingerprint density at radius 1 is 1.46 bits per heavy atom. The van der Waals surface area contributed by atoms with Crippen molar-refractivity contribution in [2.75, 3.05) is 0 Å². The quantitative estimate of drug-likeness (QED) is 0.436. The van der Waals surface area contributed by atoms with Crippen molar-refractivity contribution in [1.29, 1.82) is 0 Å². The molecule has 0 aliphatic carbocycles. The van der Waals surface area contributed by atoms with E-state index in [0.29, 0.717) is 6.42 Å². The predicted molar refractivity (Wildman–Crippen MR) is 52.5 cm³/mol. The molecule has 0 heterocycles. The highest BCUT2D eigenvalue weighted by Gasteiger charge is 2.09. The Morgan fingerprint density at radius 3 is 2.54 bits per heavy atom. The van der Waals surface area contributed by atoms with Crippen molar-refractivity contribution >= 4 is 0 Å². The summed E-state index contributed by atoms with van der Waals surface area (Å²) in [5.41, 5.74) is 1.95. The summed E-state index contributed by atoms with van der Waals surface area (Å²) >= 11 is 0. The summed E-state index contributed by atoms with van der Waals surface area (Å²) in [5, 5.41) is 8.60. The van der Waals surface area contributed by atoms with Gasteiger partial charge in [0.05, 0.1) is 0 Å². The molecule has 0 fully saturated rings. The molecule has 0 saturated heterocycles. The average Bonchev–Trinajstić information content (AvgIpc) is 2.15. The van der Waals surface area contributed by atoms with Crippen LogP contribution >= 0.6 is 0 Å². The molecule has 0 unspecified atom stereocenters. The summed E-state index contributed by atoms with van der Waals surface area (Å²) < 4.78 is 0. The van der Waals surface area contributed by atoms with Gasteiger partial charge in [-0.25, -0.2) is 4.89 Å². The Bertz CT molecular complexity index is 267. The highest BCUT2D eigenvalue weighted by molar-refractivity contribution is 5.17. The maximum atomic E-state index is 8.60. The molecule has 0 radical (unpaired) electrons. The summed E-state index contributed by atoms with van der Waals surface area (Å²) in [7, 11) is 0. The highest BCUT2D eigenvalue weighted by Crippen LogP contribution is 2.10. The van der Waals surface area contributed by atoms with E-state index in [1.54, 1.807) is 0 Å². The standard InChI is InChI=1S/C11H14O2/c1-9(2)11(13-12)8-10-6-4-3-5-7-10/h3-7,11-12H,1,8H2,2H3/t11-/m0/s1. The molecule has 1 N–H and O–H groups in total. The van der Waals surface area contributed by atoms with Gasteiger partial charge in [0.25, 0.3) is 0 Å². The van der Waals surface area contributed by atoms with E-state index in [1.807, 2.05) is 37.3 Å². The third-order valence-electron chi connectivity index (χ3n) is 1.94. The lowest BCUT2D eigenvalue weighted by molar-refractivity contribution is -0.267. The first-order valence-corrected chi connectivity index (χ1v) is 4.23. The topological polar surface area (TPSA) is 29.5 Å². The molecule has 0 saturated carbocycles. The molecule has 1 rings (SSSR count). The van der Waals surface area contributed by atoms with Crippen molar-refractivity contribution in [2.45, 2.75) is 19.4 Å². The summed E-state index contributed by atoms with van der Waals surface area (Å²) in [6.07, 6.45) is 0.356. The Hall–Kier alpha value is -1.12. The van der Waals surface area contributed by atoms with Gasteiger partial charge in [-0.2, -0.15) is 0 Å². The van der Waals surface area contributed by atoms with Gasteiger partial charge in [0.1, 0.15) is 6.10 Å². The summed E-state index contributed by atoms with van der Waals surface area (Å²) in [4.78, 5) is 4.32. The van der Waals surface area contributed by atoms with Gasteiger partial charge in [-0.15, -0.1) is 0 Å². The zero-order chi connectivity index (χ0) is 9.68. The van der Waals surface area contributed by atoms with Crippen molar-refractivity contribution in [3.63, 3.8) is 0 Å². The first-order chi connectivity index (χ1) is 6.24. The third-order valence-corrected chi connectivity index (χ3v) is 1.94. The molecule has 1 aromatic carbocycles. The second-order valence-corrected chi connectivity index (χ2v) is 3.13. The van der Waals surface area contributed by atoms with E-state index in [0.717, 1.165) is 11.1 Å². The molecule has 70 valence electrons. The van der Waals surface area contributed by atoms with Crippen molar-refractivity contribution < 1.29 is 10.1 Å². The second kappa shape index (κ2) is 4.80. The minimum Gasteiger partial charge on any atom is -0.251 e. The minimum absolute atomic E-state index is 0.303. The van der Waals surface area contributed by atoms with Crippen LogP contribution in [0.1, 0.15) is 12.5 Å². The van der Waals surface area contributed by atoms with Gasteiger partial charge >= 0.3 is 0 Å². The van der Waals surface area contributed by atoms with Gasteiger partial charge in [-0.3, -0.25) is 5.26 Å². The fourth-order valence-electron chi connectivity index (χ4n) is 1.13. The van der Waals surface area contributed by atoms with Crippen LogP contribution in [-0.2, 0) is 11.3 Å². The fourth-order valence-corrected chi connectivity index (χ4v) is 1.13. The van der Waals surface area contributed by atoms with E-state index < -0.39 is 0 Å². The van der Waals surface area contributed by atoms with E-state index in [1.165, 1.54) is 0 Å². The number of hydrogen-bond donors (Lipinski definition) is 1. The normalized spacial score (nSPS) is 12.5. The van der Waals surface area contributed by atoms with E-state index in [2.05, 4.69) is 11.5 Å². The van der Waals surface area contributed by atoms with Crippen LogP contribution in [0.3, 0.4) is 0 Å². The van der Waals surface area contributed by atoms with E-state index in [-0.39, 0.29) is 6.10 Å². The molecule has 0 aliphatic rings. The zero-order valence-electron chi connectivity index (χ0n) is 7.73. The Balaban J connectivity index is 2.62. The highest BCUT2D eigenvalue weighted by atomic mass is 17.1. The largest absolute Gasteiger partial charge is 0.251 e. The molecular formula is C11H14O2. The Morgan fingerprint density at radius 2 is 2.08 bits per heavy atom. The SMILES string of the molecule is C=C(C)[C@H](Cc1ccccc1)OO. The summed E-state index contributed by atoms with van der Waals surface area (Å²) in [6.45, 7) is 5.57. The molecule has 0 bridgehead atoms. The van der Waals surface area contributed by atoms with Gasteiger partial charge in [0, 0.05) is 6.42 Å². The van der Waals surface area contributed by atoms with Crippen LogP contribution in [0.4, 0.5) is 0 Å². The zero-order valence-corrected chi connectivity index (χ0v) is 7.73. The Labute approximate surface area is 78.4 Å². The van der Waals surface area contributed by atoms with Crippen LogP contribution in [0.25, 0.3) is 0 Å². The minimum atomic E-state index is -0.303. The molecule has 13 heavy (non-hydrogen) atoms. The maximum absolute atomic E-state index is 8.60. The number of hydrogen-bond acceptors (Lipinski definition) is 2. The van der Waals surface area contributed by atoms with Crippen molar-refractivity contribution in [3.8, 4) is 0 Å². The number of benzene rings is 1. The van der Waals surface area contributed by atoms with Crippen molar-refractivity contribution in [2.24, 2.45) is 0 Å². The van der Waals surface area contributed by atoms with Gasteiger partial charge in [-0.05, 0) is 18.1 Å². The van der Waals surface area contributed by atoms with E-state index in [9.17, 15) is 0 Å². The van der Waals surface area contributed by atoms with Gasteiger partial charge in [0.15, 0.2) is 0 Å². The molecule has 0 aromatic heterocycles. The summed E-state index contributed by atoms with van der Waals surface area (Å²) in [5.74, 6) is 0. The third kappa shape index (κ3) is 3.01. The van der Waals surface area contributed by atoms with Crippen LogP contribution in [0.5, 0.6) is 0 Å². The first-order valence-electron chi connectivity index (χ1n) is 4.23. The smallest absolute Gasteiger partial charge is 0.117 e. The lowest BCUT2D eigenvalue weighted by Crippen LogP contribution is -2.14. The van der Waals surface area contributed by atoms with Crippen LogP contribution in [-0.4, -0.2) is 11.4 Å². The van der Waals surface area contributed by atoms with E-state index in [4.69, 9.17) is 5.26 Å². The Kier molecular flexibility index (Phi) is 3.68. The van der Waals surface area contributed by atoms with Crippen LogP contribution in [0.2, 0.25) is 0 Å². The fraction of sp³-hybridized carbons (Fsp3) is 0.273. The van der Waals surface area contributed by atoms with Gasteiger partial charge < -0.3 is 0 Å². The molecule has 0 spiro atoms. The van der Waals surface area contributed by atoms with Crippen molar-refractivity contribution in [3.05, 3.63) is 48.0 Å². The molecule has 2 heteroatoms. The number of rotatable bonds is 4. The van der Waals surface area contributed by atoms with Crippen molar-refractivity contribution in [1.82, 2.24) is 0 Å². The molecule has 1 atom stereocenters. The second-order valence-electron chi connectivity index (χ2n) is 3.13. The summed E-state index contributed by atoms with van der Waals surface area (Å²) in [6, 6.07) is 9.87. The first kappa shape index (κ1) is 9.96. The molecular weight excluding hydrogens is 164 g/mol. The van der Waals surface area contributed by atoms with Gasteiger partial charge in [0.2, 0.25) is 0 Å². The maximum Gasteiger partial charge on any atom is 0.117 e. The predicted octanol–water partition coefficient (Wildman–Crippen LogP) is 2.66. The van der Waals surface area contributed by atoms with Crippen LogP contribution in [0.15, 0.2) is 42.5 Å². The molecule has 1 aromatic rings. The average molecular weight is 178 g/mol. The lowest BCUT2D eigenvalue weighted by Gasteiger charge is -2.12. The van der Waals surface area contributed by atoms with Crippen LogP contribution in [0, 0.1) is 0 Å². The molecule has 0 amide bonds. The molecule has 0 aliphatic heterocycles. The van der Waals surface area contributed by atoms with Gasteiger partial charge in [-0.1, -0.05) is 36.9 Å². The molecule has 2 nitrogen and oxygen atoms in total. The van der Waals surface area contributed by atoms with Crippen LogP contribution < -0.4 is 0 Å².